The Labute approximate surface area is 218 Å². The van der Waals surface area contributed by atoms with Crippen molar-refractivity contribution in [2.24, 2.45) is 17.8 Å². The van der Waals surface area contributed by atoms with Gasteiger partial charge in [-0.15, -0.1) is 10.2 Å². The van der Waals surface area contributed by atoms with E-state index in [4.69, 9.17) is 4.74 Å². The van der Waals surface area contributed by atoms with Crippen LogP contribution in [-0.2, 0) is 4.74 Å². The number of carbonyl (C=O) groups is 1. The number of nitrogens with one attached hydrogen (secondary N) is 1. The molecule has 4 aliphatic rings. The fourth-order valence-electron chi connectivity index (χ4n) is 6.46. The van der Waals surface area contributed by atoms with Gasteiger partial charge in [0.25, 0.3) is 11.8 Å². The molecule has 2 aromatic rings. The summed E-state index contributed by atoms with van der Waals surface area (Å²) in [6.45, 7) is 3.69. The molecule has 0 spiro atoms. The van der Waals surface area contributed by atoms with Crippen molar-refractivity contribution < 1.29 is 27.1 Å². The van der Waals surface area contributed by atoms with Crippen molar-refractivity contribution in [3.05, 3.63) is 41.5 Å². The number of fused-ring (bicyclic) bond motifs is 1. The first-order chi connectivity index (χ1) is 18.2. The van der Waals surface area contributed by atoms with Crippen LogP contribution in [0.5, 0.6) is 0 Å². The summed E-state index contributed by atoms with van der Waals surface area (Å²) in [5.41, 5.74) is -0.385. The van der Waals surface area contributed by atoms with Gasteiger partial charge in [0.1, 0.15) is 5.82 Å². The molecule has 4 fully saturated rings. The Morgan fingerprint density at radius 2 is 1.76 bits per heavy atom. The van der Waals surface area contributed by atoms with Crippen LogP contribution < -0.4 is 5.32 Å². The van der Waals surface area contributed by atoms with Crippen LogP contribution >= 0.6 is 0 Å². The molecular formula is C27H31F4N5O2. The normalized spacial score (nSPS) is 27.3. The number of alkyl halides is 2. The number of halogens is 4. The number of likely N-dealkylation sites (tertiary alicyclic amines) is 2. The highest BCUT2D eigenvalue weighted by Gasteiger charge is 2.46. The van der Waals surface area contributed by atoms with Crippen LogP contribution in [0.4, 0.5) is 23.4 Å². The number of aromatic nitrogens is 2. The number of ether oxygens (including phenoxy) is 1. The van der Waals surface area contributed by atoms with E-state index in [9.17, 15) is 22.4 Å². The third kappa shape index (κ3) is 5.22. The maximum atomic E-state index is 14.6. The second kappa shape index (κ2) is 10.1. The Morgan fingerprint density at radius 3 is 2.39 bits per heavy atom. The van der Waals surface area contributed by atoms with Crippen LogP contribution in [0.1, 0.15) is 36.0 Å². The molecular weight excluding hydrogens is 502 g/mol. The molecule has 38 heavy (non-hydrogen) atoms. The third-order valence-corrected chi connectivity index (χ3v) is 8.38. The van der Waals surface area contributed by atoms with Gasteiger partial charge in [-0.1, -0.05) is 0 Å². The van der Waals surface area contributed by atoms with Crippen molar-refractivity contribution in [3.63, 3.8) is 0 Å². The first-order valence-electron chi connectivity index (χ1n) is 13.3. The van der Waals surface area contributed by atoms with E-state index in [0.717, 1.165) is 81.5 Å². The Hall–Kier alpha value is -2.79. The molecule has 3 aliphatic heterocycles. The van der Waals surface area contributed by atoms with E-state index >= 15 is 0 Å². The SMILES string of the molecule is O=C(c1cc(F)c(F)c(-c2ccc(NC3C[C@@H]4CN(CC5CCOCC5)C[C@@H]4C3)nn2)c1)N1CC(F)(F)C1. The highest BCUT2D eigenvalue weighted by atomic mass is 19.3. The monoisotopic (exact) mass is 533 g/mol. The molecule has 0 radical (unpaired) electrons. The lowest BCUT2D eigenvalue weighted by molar-refractivity contribution is -0.113. The van der Waals surface area contributed by atoms with Gasteiger partial charge in [-0.25, -0.2) is 17.6 Å². The number of anilines is 1. The number of amides is 1. The summed E-state index contributed by atoms with van der Waals surface area (Å²) in [6.07, 6.45) is 4.41. The van der Waals surface area contributed by atoms with Gasteiger partial charge in [0.05, 0.1) is 18.8 Å². The smallest absolute Gasteiger partial charge is 0.282 e. The molecule has 1 aromatic heterocycles. The molecule has 4 heterocycles. The van der Waals surface area contributed by atoms with Gasteiger partial charge in [-0.2, -0.15) is 0 Å². The van der Waals surface area contributed by atoms with Crippen molar-refractivity contribution in [2.75, 3.05) is 51.3 Å². The molecule has 204 valence electrons. The summed E-state index contributed by atoms with van der Waals surface area (Å²) >= 11 is 0. The number of nitrogens with zero attached hydrogens (tertiary/aromatic N) is 4. The quantitative estimate of drug-likeness (QED) is 0.565. The predicted molar refractivity (Wildman–Crippen MR) is 132 cm³/mol. The number of hydrogen-bond donors (Lipinski definition) is 1. The standard InChI is InChI=1S/C27H31F4N5O2/c28-22-10-17(26(37)36-14-27(30,31)15-36)9-21(25(22)29)23-1-2-24(34-33-23)32-20-7-18-12-35(13-19(18)8-20)11-16-3-5-38-6-4-16/h1-2,9-10,16,18-20H,3-8,11-15H2,(H,32,34)/t18-,19+,20?. The minimum atomic E-state index is -2.95. The zero-order valence-electron chi connectivity index (χ0n) is 21.0. The lowest BCUT2D eigenvalue weighted by Gasteiger charge is -2.38. The molecule has 3 atom stereocenters. The average molecular weight is 534 g/mol. The Morgan fingerprint density at radius 1 is 1.05 bits per heavy atom. The van der Waals surface area contributed by atoms with Gasteiger partial charge in [-0.05, 0) is 67.7 Å². The van der Waals surface area contributed by atoms with Crippen molar-refractivity contribution in [1.82, 2.24) is 20.0 Å². The summed E-state index contributed by atoms with van der Waals surface area (Å²) in [4.78, 5) is 16.0. The van der Waals surface area contributed by atoms with Crippen LogP contribution in [0, 0.1) is 29.4 Å². The molecule has 1 aromatic carbocycles. The van der Waals surface area contributed by atoms with Crippen LogP contribution in [0.2, 0.25) is 0 Å². The Balaban J connectivity index is 1.06. The van der Waals surface area contributed by atoms with E-state index in [1.54, 1.807) is 6.07 Å². The summed E-state index contributed by atoms with van der Waals surface area (Å²) in [5, 5.41) is 11.7. The summed E-state index contributed by atoms with van der Waals surface area (Å²) < 4.78 is 60.6. The molecule has 1 N–H and O–H groups in total. The van der Waals surface area contributed by atoms with Gasteiger partial charge < -0.3 is 19.9 Å². The molecule has 11 heteroatoms. The molecule has 1 unspecified atom stereocenters. The number of hydrogen-bond acceptors (Lipinski definition) is 6. The minimum Gasteiger partial charge on any atom is -0.381 e. The molecule has 1 aliphatic carbocycles. The van der Waals surface area contributed by atoms with E-state index in [1.807, 2.05) is 0 Å². The fourth-order valence-corrected chi connectivity index (χ4v) is 6.46. The number of rotatable bonds is 6. The largest absolute Gasteiger partial charge is 0.381 e. The second-order valence-electron chi connectivity index (χ2n) is 11.2. The van der Waals surface area contributed by atoms with Crippen molar-refractivity contribution >= 4 is 11.7 Å². The van der Waals surface area contributed by atoms with Gasteiger partial charge >= 0.3 is 0 Å². The van der Waals surface area contributed by atoms with Gasteiger partial charge in [-0.3, -0.25) is 4.79 Å². The van der Waals surface area contributed by atoms with E-state index < -0.39 is 36.6 Å². The molecule has 1 saturated carbocycles. The zero-order chi connectivity index (χ0) is 26.4. The molecule has 1 amide bonds. The van der Waals surface area contributed by atoms with E-state index in [1.165, 1.54) is 6.07 Å². The van der Waals surface area contributed by atoms with Crippen LogP contribution in [-0.4, -0.2) is 83.8 Å². The molecule has 3 saturated heterocycles. The Bertz CT molecular complexity index is 1170. The van der Waals surface area contributed by atoms with Crippen molar-refractivity contribution in [2.45, 2.75) is 37.6 Å². The maximum Gasteiger partial charge on any atom is 0.282 e. The van der Waals surface area contributed by atoms with Gasteiger partial charge in [0.2, 0.25) is 0 Å². The average Bonchev–Trinajstić information content (AvgIpc) is 3.42. The first kappa shape index (κ1) is 25.5. The lowest BCUT2D eigenvalue weighted by atomic mass is 10.00. The maximum absolute atomic E-state index is 14.6. The Kier molecular flexibility index (Phi) is 6.75. The minimum absolute atomic E-state index is 0.0579. The summed E-state index contributed by atoms with van der Waals surface area (Å²) in [6, 6.07) is 5.32. The topological polar surface area (TPSA) is 70.6 Å². The van der Waals surface area contributed by atoms with Crippen LogP contribution in [0.15, 0.2) is 24.3 Å². The van der Waals surface area contributed by atoms with Crippen LogP contribution in [0.3, 0.4) is 0 Å². The summed E-state index contributed by atoms with van der Waals surface area (Å²) in [5.74, 6) is -3.54. The van der Waals surface area contributed by atoms with E-state index in [2.05, 4.69) is 20.4 Å². The first-order valence-corrected chi connectivity index (χ1v) is 13.3. The molecule has 7 nitrogen and oxygen atoms in total. The highest BCUT2D eigenvalue weighted by molar-refractivity contribution is 5.96. The lowest BCUT2D eigenvalue weighted by Crippen LogP contribution is -2.58. The van der Waals surface area contributed by atoms with E-state index in [0.29, 0.717) is 17.7 Å². The second-order valence-corrected chi connectivity index (χ2v) is 11.2. The van der Waals surface area contributed by atoms with Crippen molar-refractivity contribution in [3.8, 4) is 11.3 Å². The highest BCUT2D eigenvalue weighted by Crippen LogP contribution is 2.40. The molecule has 6 rings (SSSR count). The fraction of sp³-hybridized carbons (Fsp3) is 0.593. The summed E-state index contributed by atoms with van der Waals surface area (Å²) in [7, 11) is 0. The number of benzene rings is 1. The van der Waals surface area contributed by atoms with Crippen LogP contribution in [0.25, 0.3) is 11.3 Å². The number of carbonyl (C=O) groups excluding carboxylic acids is 1. The third-order valence-electron chi connectivity index (χ3n) is 8.38. The zero-order valence-corrected chi connectivity index (χ0v) is 21.0. The van der Waals surface area contributed by atoms with Crippen molar-refractivity contribution in [1.29, 1.82) is 0 Å². The van der Waals surface area contributed by atoms with Gasteiger partial charge in [0, 0.05) is 50.0 Å². The van der Waals surface area contributed by atoms with Gasteiger partial charge in [0.15, 0.2) is 11.6 Å². The van der Waals surface area contributed by atoms with E-state index in [-0.39, 0.29) is 22.9 Å². The molecule has 0 bridgehead atoms. The predicted octanol–water partition coefficient (Wildman–Crippen LogP) is 4.06.